The Morgan fingerprint density at radius 3 is 2.63 bits per heavy atom. The SMILES string of the molecule is O=C(CS(=O)c1ccccc1[N+](=O)[O-])c1cccs1. The fourth-order valence-corrected chi connectivity index (χ4v) is 3.42. The molecule has 0 aliphatic carbocycles. The molecule has 0 aliphatic rings. The van der Waals surface area contributed by atoms with E-state index in [0.29, 0.717) is 4.88 Å². The van der Waals surface area contributed by atoms with E-state index in [0.717, 1.165) is 0 Å². The van der Waals surface area contributed by atoms with Crippen molar-refractivity contribution in [3.63, 3.8) is 0 Å². The first-order chi connectivity index (χ1) is 9.09. The number of rotatable bonds is 5. The zero-order valence-electron chi connectivity index (χ0n) is 9.65. The first kappa shape index (κ1) is 13.6. The van der Waals surface area contributed by atoms with Crippen LogP contribution in [0.1, 0.15) is 9.67 Å². The fraction of sp³-hybridized carbons (Fsp3) is 0.0833. The van der Waals surface area contributed by atoms with Gasteiger partial charge in [-0.15, -0.1) is 11.3 Å². The third-order valence-corrected chi connectivity index (χ3v) is 4.64. The van der Waals surface area contributed by atoms with Crippen LogP contribution in [0.15, 0.2) is 46.7 Å². The molecule has 0 N–H and O–H groups in total. The lowest BCUT2D eigenvalue weighted by molar-refractivity contribution is -0.387. The average Bonchev–Trinajstić information content (AvgIpc) is 2.92. The van der Waals surface area contributed by atoms with Crippen molar-refractivity contribution in [2.75, 3.05) is 5.75 Å². The fourth-order valence-electron chi connectivity index (χ4n) is 1.51. The van der Waals surface area contributed by atoms with E-state index in [2.05, 4.69) is 0 Å². The predicted molar refractivity (Wildman–Crippen MR) is 73.0 cm³/mol. The summed E-state index contributed by atoms with van der Waals surface area (Å²) in [6, 6.07) is 9.13. The molecule has 1 aromatic heterocycles. The number of benzene rings is 1. The summed E-state index contributed by atoms with van der Waals surface area (Å²) < 4.78 is 12.1. The van der Waals surface area contributed by atoms with Crippen molar-refractivity contribution in [3.05, 3.63) is 56.8 Å². The van der Waals surface area contributed by atoms with Crippen LogP contribution in [-0.4, -0.2) is 20.7 Å². The zero-order valence-corrected chi connectivity index (χ0v) is 11.3. The monoisotopic (exact) mass is 295 g/mol. The molecule has 2 aromatic rings. The van der Waals surface area contributed by atoms with Crippen molar-refractivity contribution in [3.8, 4) is 0 Å². The number of nitro benzene ring substituents is 1. The molecule has 1 aromatic carbocycles. The Kier molecular flexibility index (Phi) is 4.18. The molecule has 0 aliphatic heterocycles. The number of Topliss-reactive ketones (excluding diaryl/α,β-unsaturated/α-hetero) is 1. The summed E-state index contributed by atoms with van der Waals surface area (Å²) >= 11 is 1.26. The van der Waals surface area contributed by atoms with Gasteiger partial charge in [-0.25, -0.2) is 0 Å². The summed E-state index contributed by atoms with van der Waals surface area (Å²) in [4.78, 5) is 22.6. The lowest BCUT2D eigenvalue weighted by atomic mass is 10.3. The van der Waals surface area contributed by atoms with Crippen LogP contribution in [0.4, 0.5) is 5.69 Å². The van der Waals surface area contributed by atoms with Crippen LogP contribution in [0.25, 0.3) is 0 Å². The second-order valence-corrected chi connectivity index (χ2v) is 5.98. The van der Waals surface area contributed by atoms with Gasteiger partial charge in [-0.1, -0.05) is 18.2 Å². The van der Waals surface area contributed by atoms with E-state index in [1.807, 2.05) is 0 Å². The molecular formula is C12H9NO4S2. The molecule has 1 unspecified atom stereocenters. The summed E-state index contributed by atoms with van der Waals surface area (Å²) in [6.07, 6.45) is 0. The standard InChI is InChI=1S/C12H9NO4S2/c14-10(11-5-3-7-18-11)8-19(17)12-6-2-1-4-9(12)13(15)16/h1-7H,8H2. The van der Waals surface area contributed by atoms with Crippen molar-refractivity contribution in [2.24, 2.45) is 0 Å². The first-order valence-corrected chi connectivity index (χ1v) is 7.48. The largest absolute Gasteiger partial charge is 0.292 e. The van der Waals surface area contributed by atoms with Crippen LogP contribution >= 0.6 is 11.3 Å². The molecule has 2 rings (SSSR count). The van der Waals surface area contributed by atoms with Crippen molar-refractivity contribution in [1.82, 2.24) is 0 Å². The number of nitro groups is 1. The van der Waals surface area contributed by atoms with E-state index in [4.69, 9.17) is 0 Å². The first-order valence-electron chi connectivity index (χ1n) is 5.28. The maximum atomic E-state index is 12.1. The van der Waals surface area contributed by atoms with Gasteiger partial charge in [0.1, 0.15) is 4.90 Å². The van der Waals surface area contributed by atoms with Crippen LogP contribution in [0.5, 0.6) is 0 Å². The molecule has 0 radical (unpaired) electrons. The lowest BCUT2D eigenvalue weighted by Gasteiger charge is -2.02. The third-order valence-electron chi connectivity index (χ3n) is 2.37. The van der Waals surface area contributed by atoms with Crippen molar-refractivity contribution in [2.45, 2.75) is 4.90 Å². The Balaban J connectivity index is 2.21. The molecule has 98 valence electrons. The van der Waals surface area contributed by atoms with Crippen LogP contribution in [0.2, 0.25) is 0 Å². The van der Waals surface area contributed by atoms with Crippen LogP contribution in [-0.2, 0) is 10.8 Å². The number of hydrogen-bond donors (Lipinski definition) is 0. The van der Waals surface area contributed by atoms with Gasteiger partial charge in [-0.3, -0.25) is 19.1 Å². The molecule has 1 heterocycles. The highest BCUT2D eigenvalue weighted by atomic mass is 32.2. The minimum Gasteiger partial charge on any atom is -0.292 e. The molecule has 19 heavy (non-hydrogen) atoms. The summed E-state index contributed by atoms with van der Waals surface area (Å²) in [7, 11) is -1.71. The maximum absolute atomic E-state index is 12.1. The van der Waals surface area contributed by atoms with Gasteiger partial charge < -0.3 is 0 Å². The van der Waals surface area contributed by atoms with Crippen LogP contribution < -0.4 is 0 Å². The van der Waals surface area contributed by atoms with E-state index in [-0.39, 0.29) is 22.1 Å². The van der Waals surface area contributed by atoms with E-state index >= 15 is 0 Å². The molecule has 1 atom stereocenters. The van der Waals surface area contributed by atoms with Gasteiger partial charge in [0.15, 0.2) is 5.78 Å². The van der Waals surface area contributed by atoms with Crippen molar-refractivity contribution in [1.29, 1.82) is 0 Å². The predicted octanol–water partition coefficient (Wildman–Crippen LogP) is 2.65. The highest BCUT2D eigenvalue weighted by Gasteiger charge is 2.21. The molecule has 0 spiro atoms. The summed E-state index contributed by atoms with van der Waals surface area (Å²) in [6.45, 7) is 0. The van der Waals surface area contributed by atoms with Crippen molar-refractivity contribution >= 4 is 33.6 Å². The highest BCUT2D eigenvalue weighted by Crippen LogP contribution is 2.22. The van der Waals surface area contributed by atoms with Gasteiger partial charge in [0.2, 0.25) is 0 Å². The Labute approximate surface area is 115 Å². The number of carbonyl (C=O) groups is 1. The molecule has 0 fully saturated rings. The molecular weight excluding hydrogens is 286 g/mol. The molecule has 5 nitrogen and oxygen atoms in total. The van der Waals surface area contributed by atoms with Gasteiger partial charge in [-0.05, 0) is 17.5 Å². The van der Waals surface area contributed by atoms with E-state index in [1.54, 1.807) is 23.6 Å². The highest BCUT2D eigenvalue weighted by molar-refractivity contribution is 7.86. The Bertz CT molecular complexity index is 637. The normalized spacial score (nSPS) is 12.0. The topological polar surface area (TPSA) is 77.3 Å². The quantitative estimate of drug-likeness (QED) is 0.482. The van der Waals surface area contributed by atoms with E-state index in [1.165, 1.54) is 29.5 Å². The smallest absolute Gasteiger partial charge is 0.285 e. The van der Waals surface area contributed by atoms with E-state index in [9.17, 15) is 19.1 Å². The van der Waals surface area contributed by atoms with Gasteiger partial charge in [-0.2, -0.15) is 0 Å². The van der Waals surface area contributed by atoms with Crippen LogP contribution in [0, 0.1) is 10.1 Å². The zero-order chi connectivity index (χ0) is 13.8. The Morgan fingerprint density at radius 2 is 2.00 bits per heavy atom. The summed E-state index contributed by atoms with van der Waals surface area (Å²) in [5.41, 5.74) is -0.222. The van der Waals surface area contributed by atoms with Gasteiger partial charge in [0.05, 0.1) is 26.4 Å². The van der Waals surface area contributed by atoms with Gasteiger partial charge >= 0.3 is 0 Å². The molecule has 0 saturated heterocycles. The molecule has 7 heteroatoms. The average molecular weight is 295 g/mol. The van der Waals surface area contributed by atoms with Crippen molar-refractivity contribution < 1.29 is 13.9 Å². The number of carbonyl (C=O) groups excluding carboxylic acids is 1. The number of nitrogens with zero attached hydrogens (tertiary/aromatic N) is 1. The second-order valence-electron chi connectivity index (χ2n) is 3.62. The summed E-state index contributed by atoms with van der Waals surface area (Å²) in [5.74, 6) is -0.516. The number of ketones is 1. The number of hydrogen-bond acceptors (Lipinski definition) is 5. The van der Waals surface area contributed by atoms with Gasteiger partial charge in [0, 0.05) is 6.07 Å². The van der Waals surface area contributed by atoms with E-state index < -0.39 is 15.7 Å². The summed E-state index contributed by atoms with van der Waals surface area (Å²) in [5, 5.41) is 12.6. The Morgan fingerprint density at radius 1 is 1.26 bits per heavy atom. The Hall–Kier alpha value is -1.86. The third kappa shape index (κ3) is 3.12. The minimum absolute atomic E-state index is 0.0809. The molecule has 0 saturated carbocycles. The number of para-hydroxylation sites is 1. The molecule has 0 amide bonds. The lowest BCUT2D eigenvalue weighted by Crippen LogP contribution is -2.11. The van der Waals surface area contributed by atoms with Crippen LogP contribution in [0.3, 0.4) is 0 Å². The maximum Gasteiger partial charge on any atom is 0.285 e. The number of thiophene rings is 1. The molecule has 0 bridgehead atoms. The minimum atomic E-state index is -1.71. The second kappa shape index (κ2) is 5.85. The van der Waals surface area contributed by atoms with Gasteiger partial charge in [0.25, 0.3) is 5.69 Å².